The first-order valence-corrected chi connectivity index (χ1v) is 9.56. The molecule has 1 aliphatic rings. The third-order valence-corrected chi connectivity index (χ3v) is 5.18. The summed E-state index contributed by atoms with van der Waals surface area (Å²) in [5.41, 5.74) is 3.31. The summed E-state index contributed by atoms with van der Waals surface area (Å²) in [5.74, 6) is -0.362. The molecule has 0 fully saturated rings. The summed E-state index contributed by atoms with van der Waals surface area (Å²) in [6, 6.07) is 18.5. The van der Waals surface area contributed by atoms with Crippen LogP contribution < -0.4 is 33.9 Å². The number of carbonyl (C=O) groups excluding carboxylic acids is 2. The molecule has 1 aromatic heterocycles. The molecular weight excluding hydrogens is 578 g/mol. The highest BCUT2D eigenvalue weighted by atomic mass is 127. The standard InChI is InChI=1S/C22H15IN2O2.HI/c1-14-10-12-25(13-11-14)20-19(24-16-8-6-15(23)7-9-16)21(26)17-4-2-3-5-18(17)22(20)27;/h2-13H,1H3;1H. The van der Waals surface area contributed by atoms with Gasteiger partial charge in [0.05, 0.1) is 0 Å². The third-order valence-electron chi connectivity index (χ3n) is 4.46. The van der Waals surface area contributed by atoms with Gasteiger partial charge in [0.2, 0.25) is 5.78 Å². The third kappa shape index (κ3) is 3.88. The van der Waals surface area contributed by atoms with Crippen molar-refractivity contribution in [3.63, 3.8) is 0 Å². The molecule has 0 unspecified atom stereocenters. The lowest BCUT2D eigenvalue weighted by molar-refractivity contribution is -0.577. The molecule has 4 rings (SSSR count). The number of fused-ring (bicyclic) bond motifs is 1. The van der Waals surface area contributed by atoms with Gasteiger partial charge in [0, 0.05) is 32.5 Å². The molecule has 0 atom stereocenters. The second kappa shape index (κ2) is 8.52. The second-order valence-electron chi connectivity index (χ2n) is 6.34. The van der Waals surface area contributed by atoms with Gasteiger partial charge in [-0.2, -0.15) is 4.57 Å². The Bertz CT molecular complexity index is 1090. The normalized spacial score (nSPS) is 13.1. The molecule has 6 heteroatoms. The van der Waals surface area contributed by atoms with E-state index in [2.05, 4.69) is 27.9 Å². The summed E-state index contributed by atoms with van der Waals surface area (Å²) < 4.78 is 2.80. The number of hydrogen-bond acceptors (Lipinski definition) is 3. The van der Waals surface area contributed by atoms with Crippen molar-refractivity contribution in [2.24, 2.45) is 0 Å². The Morgan fingerprint density at radius 2 is 1.39 bits per heavy atom. The number of anilines is 1. The molecule has 140 valence electrons. The SMILES string of the molecule is Cc1cc[n+](C2=C(Nc3ccc(I)cc3)C(=O)c3ccccc3C2=O)cc1.[I-]. The van der Waals surface area contributed by atoms with Crippen LogP contribution in [0.2, 0.25) is 0 Å². The smallest absolute Gasteiger partial charge is 0.286 e. The fourth-order valence-electron chi connectivity index (χ4n) is 3.05. The zero-order valence-electron chi connectivity index (χ0n) is 14.9. The Kier molecular flexibility index (Phi) is 6.29. The Morgan fingerprint density at radius 1 is 0.821 bits per heavy atom. The van der Waals surface area contributed by atoms with E-state index in [1.165, 1.54) is 0 Å². The van der Waals surface area contributed by atoms with Crippen LogP contribution in [0.3, 0.4) is 0 Å². The topological polar surface area (TPSA) is 50.1 Å². The van der Waals surface area contributed by atoms with Crippen LogP contribution in [0.25, 0.3) is 5.70 Å². The highest BCUT2D eigenvalue weighted by molar-refractivity contribution is 14.1. The van der Waals surface area contributed by atoms with Gasteiger partial charge in [0.25, 0.3) is 11.5 Å². The first kappa shape index (κ1) is 20.7. The lowest BCUT2D eigenvalue weighted by atomic mass is 9.90. The van der Waals surface area contributed by atoms with Gasteiger partial charge < -0.3 is 29.3 Å². The number of carbonyl (C=O) groups is 2. The number of halogens is 2. The van der Waals surface area contributed by atoms with Crippen molar-refractivity contribution in [2.75, 3.05) is 5.32 Å². The maximum Gasteiger partial charge on any atom is 0.286 e. The quantitative estimate of drug-likeness (QED) is 0.368. The molecule has 0 spiro atoms. The predicted molar refractivity (Wildman–Crippen MR) is 112 cm³/mol. The molecule has 0 radical (unpaired) electrons. The first-order chi connectivity index (χ1) is 13.0. The average Bonchev–Trinajstić information content (AvgIpc) is 2.69. The van der Waals surface area contributed by atoms with Crippen molar-refractivity contribution in [3.05, 3.63) is 99.0 Å². The highest BCUT2D eigenvalue weighted by Gasteiger charge is 2.38. The van der Waals surface area contributed by atoms with E-state index >= 15 is 0 Å². The number of aromatic nitrogens is 1. The Balaban J connectivity index is 0.00000225. The number of pyridine rings is 1. The highest BCUT2D eigenvalue weighted by Crippen LogP contribution is 2.27. The summed E-state index contributed by atoms with van der Waals surface area (Å²) >= 11 is 2.23. The van der Waals surface area contributed by atoms with E-state index in [1.807, 2.05) is 43.3 Å². The predicted octanol–water partition coefficient (Wildman–Crippen LogP) is 1.25. The molecule has 0 amide bonds. The number of ketones is 2. The molecule has 0 saturated carbocycles. The molecule has 0 bridgehead atoms. The number of allylic oxidation sites excluding steroid dienone is 2. The minimum absolute atomic E-state index is 0. The van der Waals surface area contributed by atoms with Crippen LogP contribution >= 0.6 is 22.6 Å². The minimum atomic E-state index is -0.188. The largest absolute Gasteiger partial charge is 1.00 e. The first-order valence-electron chi connectivity index (χ1n) is 8.48. The van der Waals surface area contributed by atoms with E-state index in [0.717, 1.165) is 14.8 Å². The van der Waals surface area contributed by atoms with Gasteiger partial charge in [-0.3, -0.25) is 9.59 Å². The zero-order valence-corrected chi connectivity index (χ0v) is 19.3. The molecule has 1 heterocycles. The van der Waals surface area contributed by atoms with Crippen LogP contribution in [-0.2, 0) is 0 Å². The number of aryl methyl sites for hydroxylation is 1. The minimum Gasteiger partial charge on any atom is -1.00 e. The van der Waals surface area contributed by atoms with Crippen molar-refractivity contribution in [1.29, 1.82) is 0 Å². The van der Waals surface area contributed by atoms with Gasteiger partial charge in [-0.15, -0.1) is 0 Å². The molecule has 1 aliphatic carbocycles. The van der Waals surface area contributed by atoms with Gasteiger partial charge in [-0.1, -0.05) is 24.3 Å². The van der Waals surface area contributed by atoms with Crippen LogP contribution in [0.15, 0.2) is 78.8 Å². The second-order valence-corrected chi connectivity index (χ2v) is 7.59. The number of benzene rings is 2. The fourth-order valence-corrected chi connectivity index (χ4v) is 3.41. The van der Waals surface area contributed by atoms with Crippen LogP contribution in [-0.4, -0.2) is 11.6 Å². The lowest BCUT2D eigenvalue weighted by Gasteiger charge is -2.18. The molecular formula is C22H16I2N2O2. The molecule has 3 aromatic rings. The molecule has 0 aliphatic heterocycles. The van der Waals surface area contributed by atoms with Crippen LogP contribution in [0.4, 0.5) is 5.69 Å². The van der Waals surface area contributed by atoms with Gasteiger partial charge in [-0.05, 0) is 59.3 Å². The lowest BCUT2D eigenvalue weighted by Crippen LogP contribution is -3.00. The molecule has 2 aromatic carbocycles. The van der Waals surface area contributed by atoms with Crippen LogP contribution in [0, 0.1) is 10.5 Å². The van der Waals surface area contributed by atoms with Crippen molar-refractivity contribution in [3.8, 4) is 0 Å². The maximum atomic E-state index is 13.2. The number of nitrogens with one attached hydrogen (secondary N) is 1. The van der Waals surface area contributed by atoms with E-state index in [1.54, 1.807) is 41.2 Å². The fraction of sp³-hybridized carbons (Fsp3) is 0.0455. The Morgan fingerprint density at radius 3 is 2.00 bits per heavy atom. The summed E-state index contributed by atoms with van der Waals surface area (Å²) in [5, 5.41) is 3.18. The van der Waals surface area contributed by atoms with Crippen molar-refractivity contribution < 1.29 is 38.1 Å². The molecule has 0 saturated heterocycles. The van der Waals surface area contributed by atoms with Crippen LogP contribution in [0.1, 0.15) is 26.3 Å². The Labute approximate surface area is 193 Å². The van der Waals surface area contributed by atoms with E-state index in [-0.39, 0.29) is 41.2 Å². The van der Waals surface area contributed by atoms with Gasteiger partial charge in [0.15, 0.2) is 18.1 Å². The van der Waals surface area contributed by atoms with Crippen LogP contribution in [0.5, 0.6) is 0 Å². The van der Waals surface area contributed by atoms with Gasteiger partial charge in [-0.25, -0.2) is 0 Å². The summed E-state index contributed by atoms with van der Waals surface area (Å²) in [6.45, 7) is 1.98. The maximum absolute atomic E-state index is 13.2. The van der Waals surface area contributed by atoms with E-state index < -0.39 is 0 Å². The monoisotopic (exact) mass is 594 g/mol. The summed E-state index contributed by atoms with van der Waals surface area (Å²) in [7, 11) is 0. The number of nitrogens with zero attached hydrogens (tertiary/aromatic N) is 1. The van der Waals surface area contributed by atoms with Crippen molar-refractivity contribution in [1.82, 2.24) is 0 Å². The van der Waals surface area contributed by atoms with E-state index in [9.17, 15) is 9.59 Å². The summed E-state index contributed by atoms with van der Waals surface area (Å²) in [4.78, 5) is 26.4. The molecule has 4 nitrogen and oxygen atoms in total. The number of rotatable bonds is 3. The van der Waals surface area contributed by atoms with Gasteiger partial charge >= 0.3 is 0 Å². The van der Waals surface area contributed by atoms with E-state index in [0.29, 0.717) is 16.8 Å². The number of Topliss-reactive ketones (excluding diaryl/α,β-unsaturated/α-hetero) is 2. The summed E-state index contributed by atoms with van der Waals surface area (Å²) in [6.07, 6.45) is 3.61. The molecule has 1 N–H and O–H groups in total. The van der Waals surface area contributed by atoms with Crippen molar-refractivity contribution >= 4 is 45.5 Å². The van der Waals surface area contributed by atoms with Gasteiger partial charge in [0.1, 0.15) is 0 Å². The van der Waals surface area contributed by atoms with Crippen molar-refractivity contribution in [2.45, 2.75) is 6.92 Å². The number of hydrogen-bond donors (Lipinski definition) is 1. The Hall–Kier alpha value is -2.07. The average molecular weight is 594 g/mol. The zero-order chi connectivity index (χ0) is 19.0. The molecule has 28 heavy (non-hydrogen) atoms. The van der Waals surface area contributed by atoms with E-state index in [4.69, 9.17) is 0 Å².